The van der Waals surface area contributed by atoms with Gasteiger partial charge in [0.05, 0.1) is 6.54 Å². The summed E-state index contributed by atoms with van der Waals surface area (Å²) >= 11 is 0. The zero-order valence-electron chi connectivity index (χ0n) is 14.5. The monoisotopic (exact) mass is 362 g/mol. The molecule has 2 N–H and O–H groups in total. The van der Waals surface area contributed by atoms with Crippen molar-refractivity contribution in [2.45, 2.75) is 25.7 Å². The maximum atomic E-state index is 11.9. The van der Waals surface area contributed by atoms with Gasteiger partial charge in [-0.2, -0.15) is 0 Å². The predicted octanol–water partition coefficient (Wildman–Crippen LogP) is 3.54. The average Bonchev–Trinajstić information content (AvgIpc) is 2.64. The van der Waals surface area contributed by atoms with Gasteiger partial charge in [0.1, 0.15) is 12.4 Å². The van der Waals surface area contributed by atoms with E-state index in [1.807, 2.05) is 24.3 Å². The lowest BCUT2D eigenvalue weighted by Crippen LogP contribution is -2.30. The number of hydrogen-bond acceptors (Lipinski definition) is 3. The van der Waals surface area contributed by atoms with Crippen LogP contribution >= 0.6 is 12.4 Å². The van der Waals surface area contributed by atoms with Crippen molar-refractivity contribution in [2.75, 3.05) is 26.2 Å². The summed E-state index contributed by atoms with van der Waals surface area (Å²) in [6.45, 7) is 3.22. The van der Waals surface area contributed by atoms with Gasteiger partial charge >= 0.3 is 0 Å². The van der Waals surface area contributed by atoms with Crippen molar-refractivity contribution in [1.82, 2.24) is 10.6 Å². The first-order valence-electron chi connectivity index (χ1n) is 8.91. The van der Waals surface area contributed by atoms with Crippen molar-refractivity contribution in [2.24, 2.45) is 5.92 Å². The summed E-state index contributed by atoms with van der Waals surface area (Å²) in [5.41, 5.74) is 0. The highest BCUT2D eigenvalue weighted by molar-refractivity contribution is 5.88. The molecule has 0 radical (unpaired) electrons. The van der Waals surface area contributed by atoms with Crippen LogP contribution in [0.2, 0.25) is 0 Å². The lowest BCUT2D eigenvalue weighted by Gasteiger charge is -2.22. The molecule has 0 aliphatic carbocycles. The second-order valence-corrected chi connectivity index (χ2v) is 6.41. The molecule has 1 aliphatic heterocycles. The molecular formula is C20H27ClN2O2. The minimum Gasteiger partial charge on any atom is -0.491 e. The molecule has 1 amide bonds. The minimum absolute atomic E-state index is 0. The lowest BCUT2D eigenvalue weighted by molar-refractivity contribution is -0.121. The van der Waals surface area contributed by atoms with Gasteiger partial charge in [0, 0.05) is 11.8 Å². The highest BCUT2D eigenvalue weighted by Crippen LogP contribution is 2.24. The zero-order chi connectivity index (χ0) is 16.6. The maximum absolute atomic E-state index is 11.9. The summed E-state index contributed by atoms with van der Waals surface area (Å²) in [6.07, 6.45) is 4.01. The topological polar surface area (TPSA) is 50.4 Å². The molecule has 2 aromatic rings. The largest absolute Gasteiger partial charge is 0.491 e. The Morgan fingerprint density at radius 3 is 2.72 bits per heavy atom. The Labute approximate surface area is 155 Å². The fraction of sp³-hybridized carbons (Fsp3) is 0.450. The van der Waals surface area contributed by atoms with Gasteiger partial charge in [-0.25, -0.2) is 0 Å². The van der Waals surface area contributed by atoms with Crippen LogP contribution in [0.5, 0.6) is 5.75 Å². The van der Waals surface area contributed by atoms with Crippen LogP contribution in [0.25, 0.3) is 10.8 Å². The van der Waals surface area contributed by atoms with Crippen LogP contribution in [0.4, 0.5) is 0 Å². The van der Waals surface area contributed by atoms with Gasteiger partial charge < -0.3 is 15.4 Å². The fourth-order valence-corrected chi connectivity index (χ4v) is 3.27. The highest BCUT2D eigenvalue weighted by Gasteiger charge is 2.14. The van der Waals surface area contributed by atoms with Crippen LogP contribution in [0.1, 0.15) is 25.7 Å². The molecule has 5 heteroatoms. The van der Waals surface area contributed by atoms with Crippen LogP contribution in [0.3, 0.4) is 0 Å². The number of halogens is 1. The third kappa shape index (κ3) is 5.91. The molecule has 1 aliphatic rings. The number of nitrogens with one attached hydrogen (secondary N) is 2. The van der Waals surface area contributed by atoms with Crippen LogP contribution in [0, 0.1) is 5.92 Å². The molecule has 25 heavy (non-hydrogen) atoms. The molecule has 0 bridgehead atoms. The van der Waals surface area contributed by atoms with Gasteiger partial charge in [-0.3, -0.25) is 4.79 Å². The Bertz CT molecular complexity index is 666. The Morgan fingerprint density at radius 2 is 1.88 bits per heavy atom. The van der Waals surface area contributed by atoms with Crippen molar-refractivity contribution in [3.05, 3.63) is 42.5 Å². The Balaban J connectivity index is 0.00000225. The van der Waals surface area contributed by atoms with E-state index in [4.69, 9.17) is 4.74 Å². The maximum Gasteiger partial charge on any atom is 0.220 e. The van der Waals surface area contributed by atoms with E-state index in [-0.39, 0.29) is 18.3 Å². The number of rotatable bonds is 7. The first-order chi connectivity index (χ1) is 11.8. The lowest BCUT2D eigenvalue weighted by atomic mass is 9.93. The second-order valence-electron chi connectivity index (χ2n) is 6.41. The van der Waals surface area contributed by atoms with E-state index in [0.29, 0.717) is 25.5 Å². The standard InChI is InChI=1S/C20H26N2O2.ClH/c23-20(9-8-16-10-12-21-13-11-16)22-14-15-24-19-7-3-5-17-4-1-2-6-18(17)19;/h1-7,16,21H,8-15H2,(H,22,23);1H. The predicted molar refractivity (Wildman–Crippen MR) is 105 cm³/mol. The van der Waals surface area contributed by atoms with Crippen LogP contribution in [-0.4, -0.2) is 32.1 Å². The number of carbonyl (C=O) groups excluding carboxylic acids is 1. The summed E-state index contributed by atoms with van der Waals surface area (Å²) in [4.78, 5) is 11.9. The SMILES string of the molecule is Cl.O=C(CCC1CCNCC1)NCCOc1cccc2ccccc12. The van der Waals surface area contributed by atoms with Crippen LogP contribution < -0.4 is 15.4 Å². The summed E-state index contributed by atoms with van der Waals surface area (Å²) < 4.78 is 5.84. The van der Waals surface area contributed by atoms with E-state index < -0.39 is 0 Å². The number of hydrogen-bond donors (Lipinski definition) is 2. The molecule has 1 heterocycles. The van der Waals surface area contributed by atoms with Gasteiger partial charge in [-0.15, -0.1) is 12.4 Å². The number of ether oxygens (including phenoxy) is 1. The second kappa shape index (κ2) is 10.3. The third-order valence-corrected chi connectivity index (χ3v) is 4.67. The molecule has 0 atom stereocenters. The average molecular weight is 363 g/mol. The fourth-order valence-electron chi connectivity index (χ4n) is 3.27. The molecule has 3 rings (SSSR count). The van der Waals surface area contributed by atoms with Gasteiger partial charge in [0.2, 0.25) is 5.91 Å². The van der Waals surface area contributed by atoms with Gasteiger partial charge in [0.15, 0.2) is 0 Å². The zero-order valence-corrected chi connectivity index (χ0v) is 15.3. The molecular weight excluding hydrogens is 336 g/mol. The Hall–Kier alpha value is -1.78. The van der Waals surface area contributed by atoms with Crippen molar-refractivity contribution in [1.29, 1.82) is 0 Å². The van der Waals surface area contributed by atoms with Gasteiger partial charge in [0.25, 0.3) is 0 Å². The van der Waals surface area contributed by atoms with Crippen molar-refractivity contribution >= 4 is 29.1 Å². The molecule has 1 fully saturated rings. The van der Waals surface area contributed by atoms with E-state index in [2.05, 4.69) is 28.8 Å². The summed E-state index contributed by atoms with van der Waals surface area (Å²) in [6, 6.07) is 14.2. The van der Waals surface area contributed by atoms with Crippen LogP contribution in [-0.2, 0) is 4.79 Å². The number of amides is 1. The summed E-state index contributed by atoms with van der Waals surface area (Å²) in [5, 5.41) is 8.59. The van der Waals surface area contributed by atoms with Crippen LogP contribution in [0.15, 0.2) is 42.5 Å². The smallest absolute Gasteiger partial charge is 0.220 e. The van der Waals surface area contributed by atoms with E-state index >= 15 is 0 Å². The van der Waals surface area contributed by atoms with Gasteiger partial charge in [-0.1, -0.05) is 36.4 Å². The van der Waals surface area contributed by atoms with E-state index in [0.717, 1.165) is 30.6 Å². The molecule has 136 valence electrons. The van der Waals surface area contributed by atoms with Crippen molar-refractivity contribution < 1.29 is 9.53 Å². The minimum atomic E-state index is 0. The normalized spacial score (nSPS) is 14.7. The Morgan fingerprint density at radius 1 is 1.12 bits per heavy atom. The molecule has 0 spiro atoms. The molecule has 2 aromatic carbocycles. The van der Waals surface area contributed by atoms with Crippen molar-refractivity contribution in [3.63, 3.8) is 0 Å². The quantitative estimate of drug-likeness (QED) is 0.741. The summed E-state index contributed by atoms with van der Waals surface area (Å²) in [5.74, 6) is 1.70. The van der Waals surface area contributed by atoms with E-state index in [1.54, 1.807) is 0 Å². The molecule has 1 saturated heterocycles. The first-order valence-corrected chi connectivity index (χ1v) is 8.91. The molecule has 0 aromatic heterocycles. The highest BCUT2D eigenvalue weighted by atomic mass is 35.5. The number of fused-ring (bicyclic) bond motifs is 1. The number of carbonyl (C=O) groups is 1. The summed E-state index contributed by atoms with van der Waals surface area (Å²) in [7, 11) is 0. The van der Waals surface area contributed by atoms with Crippen molar-refractivity contribution in [3.8, 4) is 5.75 Å². The third-order valence-electron chi connectivity index (χ3n) is 4.67. The first kappa shape index (κ1) is 19.5. The van der Waals surface area contributed by atoms with E-state index in [1.165, 1.54) is 18.2 Å². The molecule has 0 saturated carbocycles. The van der Waals surface area contributed by atoms with E-state index in [9.17, 15) is 4.79 Å². The van der Waals surface area contributed by atoms with Gasteiger partial charge in [-0.05, 0) is 49.7 Å². The molecule has 4 nitrogen and oxygen atoms in total. The molecule has 0 unspecified atom stereocenters. The Kier molecular flexibility index (Phi) is 8.02. The number of piperidine rings is 1. The number of benzene rings is 2.